The molecule has 0 unspecified atom stereocenters. The van der Waals surface area contributed by atoms with Crippen molar-refractivity contribution in [3.63, 3.8) is 0 Å². The van der Waals surface area contributed by atoms with Crippen LogP contribution in [0.1, 0.15) is 40.8 Å². The van der Waals surface area contributed by atoms with Gasteiger partial charge in [0.1, 0.15) is 24.4 Å². The minimum atomic E-state index is -0.435. The Morgan fingerprint density at radius 1 is 1.12 bits per heavy atom. The van der Waals surface area contributed by atoms with E-state index in [2.05, 4.69) is 34.5 Å². The number of aromatic nitrogens is 3. The number of aryl methyl sites for hydroxylation is 1. The van der Waals surface area contributed by atoms with E-state index in [-0.39, 0.29) is 18.3 Å². The van der Waals surface area contributed by atoms with Crippen molar-refractivity contribution in [3.8, 4) is 5.75 Å². The Bertz CT molecular complexity index is 1180. The summed E-state index contributed by atoms with van der Waals surface area (Å²) in [5.74, 6) is 1.20. The Kier molecular flexibility index (Phi) is 6.87. The molecular formula is C24H23ClN4O3. The van der Waals surface area contributed by atoms with Crippen LogP contribution in [0, 0.1) is 0 Å². The van der Waals surface area contributed by atoms with Crippen LogP contribution in [-0.4, -0.2) is 20.7 Å². The number of carbonyl (C=O) groups excluding carboxylic acids is 1. The quantitative estimate of drug-likeness (QED) is 0.371. The van der Waals surface area contributed by atoms with Crippen molar-refractivity contribution < 1.29 is 13.9 Å². The maximum absolute atomic E-state index is 12.5. The number of furan rings is 1. The standard InChI is InChI=1S/C24H23ClN4O3/c1-2-5-17-8-10-19(11-9-17)31-15-20-12-13-22(32-20)23(30)27-24-26-16-29(28-24)14-18-6-3-4-7-21(18)25/h3-4,6-13,16H,2,5,14-15H2,1H3,(H,27,28,30). The molecule has 0 radical (unpaired) electrons. The van der Waals surface area contributed by atoms with E-state index < -0.39 is 5.91 Å². The van der Waals surface area contributed by atoms with E-state index in [1.54, 1.807) is 16.8 Å². The summed E-state index contributed by atoms with van der Waals surface area (Å²) in [6.07, 6.45) is 3.69. The number of hydrogen-bond donors (Lipinski definition) is 1. The van der Waals surface area contributed by atoms with Gasteiger partial charge in [-0.25, -0.2) is 9.67 Å². The Balaban J connectivity index is 1.31. The van der Waals surface area contributed by atoms with E-state index in [0.29, 0.717) is 17.3 Å². The van der Waals surface area contributed by atoms with Gasteiger partial charge in [0.25, 0.3) is 5.91 Å². The summed E-state index contributed by atoms with van der Waals surface area (Å²) in [5.41, 5.74) is 2.19. The van der Waals surface area contributed by atoms with E-state index in [4.69, 9.17) is 20.8 Å². The molecule has 2 aromatic heterocycles. The lowest BCUT2D eigenvalue weighted by atomic mass is 10.1. The van der Waals surface area contributed by atoms with Gasteiger partial charge in [-0.2, -0.15) is 0 Å². The van der Waals surface area contributed by atoms with Gasteiger partial charge in [-0.05, 0) is 47.9 Å². The highest BCUT2D eigenvalue weighted by atomic mass is 35.5. The third-order valence-electron chi connectivity index (χ3n) is 4.78. The van der Waals surface area contributed by atoms with Crippen LogP contribution in [0.2, 0.25) is 5.02 Å². The number of benzene rings is 2. The molecule has 1 N–H and O–H groups in total. The second kappa shape index (κ2) is 10.2. The van der Waals surface area contributed by atoms with Crippen LogP contribution in [0.5, 0.6) is 5.75 Å². The lowest BCUT2D eigenvalue weighted by molar-refractivity contribution is 0.0991. The fourth-order valence-corrected chi connectivity index (χ4v) is 3.36. The normalized spacial score (nSPS) is 10.8. The summed E-state index contributed by atoms with van der Waals surface area (Å²) < 4.78 is 12.9. The van der Waals surface area contributed by atoms with Crippen molar-refractivity contribution in [1.29, 1.82) is 0 Å². The Labute approximate surface area is 191 Å². The van der Waals surface area contributed by atoms with Crippen LogP contribution in [0.25, 0.3) is 0 Å². The van der Waals surface area contributed by atoms with Crippen molar-refractivity contribution in [3.05, 3.63) is 94.7 Å². The fourth-order valence-electron chi connectivity index (χ4n) is 3.17. The van der Waals surface area contributed by atoms with Crippen molar-refractivity contribution in [1.82, 2.24) is 14.8 Å². The molecule has 32 heavy (non-hydrogen) atoms. The first-order chi connectivity index (χ1) is 15.6. The Hall–Kier alpha value is -3.58. The number of halogens is 1. The lowest BCUT2D eigenvalue weighted by Crippen LogP contribution is -2.12. The average molecular weight is 451 g/mol. The first kappa shape index (κ1) is 21.6. The van der Waals surface area contributed by atoms with E-state index in [1.165, 1.54) is 11.9 Å². The molecule has 0 fully saturated rings. The van der Waals surface area contributed by atoms with Gasteiger partial charge in [0, 0.05) is 5.02 Å². The predicted molar refractivity (Wildman–Crippen MR) is 122 cm³/mol. The molecule has 0 atom stereocenters. The predicted octanol–water partition coefficient (Wildman–Crippen LogP) is 5.36. The first-order valence-electron chi connectivity index (χ1n) is 10.4. The third-order valence-corrected chi connectivity index (χ3v) is 5.15. The smallest absolute Gasteiger partial charge is 0.293 e. The molecule has 0 saturated carbocycles. The van der Waals surface area contributed by atoms with Gasteiger partial charge in [0.05, 0.1) is 6.54 Å². The number of nitrogens with one attached hydrogen (secondary N) is 1. The third kappa shape index (κ3) is 5.56. The van der Waals surface area contributed by atoms with Gasteiger partial charge in [0.15, 0.2) is 5.76 Å². The zero-order chi connectivity index (χ0) is 22.3. The van der Waals surface area contributed by atoms with E-state index in [0.717, 1.165) is 24.2 Å². The monoisotopic (exact) mass is 450 g/mol. The largest absolute Gasteiger partial charge is 0.486 e. The number of amides is 1. The molecule has 4 rings (SSSR count). The highest BCUT2D eigenvalue weighted by Crippen LogP contribution is 2.18. The number of carbonyl (C=O) groups is 1. The average Bonchev–Trinajstić information content (AvgIpc) is 3.45. The summed E-state index contributed by atoms with van der Waals surface area (Å²) in [4.78, 5) is 16.6. The topological polar surface area (TPSA) is 82.2 Å². The SMILES string of the molecule is CCCc1ccc(OCc2ccc(C(=O)Nc3ncn(Cc4ccccc4Cl)n3)o2)cc1. The van der Waals surface area contributed by atoms with Crippen molar-refractivity contribution in [2.75, 3.05) is 5.32 Å². The first-order valence-corrected chi connectivity index (χ1v) is 10.7. The van der Waals surface area contributed by atoms with Crippen LogP contribution in [-0.2, 0) is 19.6 Å². The molecule has 0 aliphatic rings. The molecular weight excluding hydrogens is 428 g/mol. The fraction of sp³-hybridized carbons (Fsp3) is 0.208. The number of nitrogens with zero attached hydrogens (tertiary/aromatic N) is 3. The summed E-state index contributed by atoms with van der Waals surface area (Å²) in [6.45, 7) is 2.83. The van der Waals surface area contributed by atoms with Crippen LogP contribution in [0.15, 0.2) is 71.4 Å². The molecule has 2 aromatic carbocycles. The highest BCUT2D eigenvalue weighted by molar-refractivity contribution is 6.31. The summed E-state index contributed by atoms with van der Waals surface area (Å²) >= 11 is 6.18. The van der Waals surface area contributed by atoms with Gasteiger partial charge < -0.3 is 9.15 Å². The van der Waals surface area contributed by atoms with E-state index in [1.807, 2.05) is 36.4 Å². The van der Waals surface area contributed by atoms with Gasteiger partial charge in [-0.15, -0.1) is 5.10 Å². The molecule has 164 valence electrons. The molecule has 7 nitrogen and oxygen atoms in total. The minimum Gasteiger partial charge on any atom is -0.486 e. The van der Waals surface area contributed by atoms with Gasteiger partial charge in [-0.1, -0.05) is 55.3 Å². The van der Waals surface area contributed by atoms with Gasteiger partial charge >= 0.3 is 0 Å². The second-order valence-corrected chi connectivity index (χ2v) is 7.67. The number of anilines is 1. The summed E-state index contributed by atoms with van der Waals surface area (Å²) in [5, 5.41) is 7.55. The Morgan fingerprint density at radius 3 is 2.72 bits per heavy atom. The van der Waals surface area contributed by atoms with Crippen LogP contribution < -0.4 is 10.1 Å². The molecule has 4 aromatic rings. The van der Waals surface area contributed by atoms with Crippen LogP contribution >= 0.6 is 11.6 Å². The van der Waals surface area contributed by atoms with Crippen LogP contribution in [0.3, 0.4) is 0 Å². The van der Waals surface area contributed by atoms with E-state index >= 15 is 0 Å². The molecule has 0 saturated heterocycles. The van der Waals surface area contributed by atoms with Crippen molar-refractivity contribution >= 4 is 23.5 Å². The number of ether oxygens (including phenoxy) is 1. The zero-order valence-electron chi connectivity index (χ0n) is 17.6. The zero-order valence-corrected chi connectivity index (χ0v) is 18.4. The molecule has 8 heteroatoms. The maximum atomic E-state index is 12.5. The summed E-state index contributed by atoms with van der Waals surface area (Å²) in [6, 6.07) is 18.8. The second-order valence-electron chi connectivity index (χ2n) is 7.26. The molecule has 0 spiro atoms. The maximum Gasteiger partial charge on any atom is 0.293 e. The van der Waals surface area contributed by atoms with Crippen molar-refractivity contribution in [2.24, 2.45) is 0 Å². The summed E-state index contributed by atoms with van der Waals surface area (Å²) in [7, 11) is 0. The molecule has 0 bridgehead atoms. The number of hydrogen-bond acceptors (Lipinski definition) is 5. The Morgan fingerprint density at radius 2 is 1.94 bits per heavy atom. The molecule has 2 heterocycles. The number of rotatable bonds is 9. The molecule has 0 aliphatic heterocycles. The molecule has 0 aliphatic carbocycles. The minimum absolute atomic E-state index is 0.157. The highest BCUT2D eigenvalue weighted by Gasteiger charge is 2.14. The molecule has 1 amide bonds. The van der Waals surface area contributed by atoms with Crippen molar-refractivity contribution in [2.45, 2.75) is 32.9 Å². The van der Waals surface area contributed by atoms with E-state index in [9.17, 15) is 4.79 Å². The lowest BCUT2D eigenvalue weighted by Gasteiger charge is -2.05. The van der Waals surface area contributed by atoms with Gasteiger partial charge in [-0.3, -0.25) is 10.1 Å². The van der Waals surface area contributed by atoms with Gasteiger partial charge in [0.2, 0.25) is 5.95 Å². The van der Waals surface area contributed by atoms with Crippen LogP contribution in [0.4, 0.5) is 5.95 Å².